The highest BCUT2D eigenvalue weighted by Crippen LogP contribution is 2.19. The highest BCUT2D eigenvalue weighted by atomic mass is 35.5. The van der Waals surface area contributed by atoms with Crippen LogP contribution in [-0.4, -0.2) is 16.1 Å². The van der Waals surface area contributed by atoms with Gasteiger partial charge in [0.1, 0.15) is 0 Å². The first kappa shape index (κ1) is 11.7. The highest BCUT2D eigenvalue weighted by molar-refractivity contribution is 6.31. The summed E-state index contributed by atoms with van der Waals surface area (Å²) in [6.45, 7) is 0. The fourth-order valence-corrected chi connectivity index (χ4v) is 2.25. The fraction of sp³-hybridized carbons (Fsp3) is 0. The lowest BCUT2D eigenvalue weighted by molar-refractivity contribution is 0.0697. The van der Waals surface area contributed by atoms with E-state index in [9.17, 15) is 9.59 Å². The summed E-state index contributed by atoms with van der Waals surface area (Å²) in [5.41, 5.74) is 1.13. The molecule has 94 valence electrons. The van der Waals surface area contributed by atoms with Gasteiger partial charge in [0.15, 0.2) is 5.43 Å². The molecule has 0 amide bonds. The van der Waals surface area contributed by atoms with Crippen molar-refractivity contribution in [3.8, 4) is 0 Å². The molecule has 0 aliphatic rings. The van der Waals surface area contributed by atoms with Gasteiger partial charge in [0.05, 0.1) is 5.56 Å². The number of pyridine rings is 1. The molecule has 3 rings (SSSR count). The van der Waals surface area contributed by atoms with Crippen LogP contribution in [0.5, 0.6) is 0 Å². The maximum Gasteiger partial charge on any atom is 0.335 e. The lowest BCUT2D eigenvalue weighted by Crippen LogP contribution is -2.06. The second-order valence-corrected chi connectivity index (χ2v) is 4.65. The molecule has 2 N–H and O–H groups in total. The Hall–Kier alpha value is -2.33. The molecule has 0 radical (unpaired) electrons. The van der Waals surface area contributed by atoms with Gasteiger partial charge in [-0.05, 0) is 36.4 Å². The third kappa shape index (κ3) is 1.86. The summed E-state index contributed by atoms with van der Waals surface area (Å²) in [5, 5.41) is 10.2. The van der Waals surface area contributed by atoms with Gasteiger partial charge >= 0.3 is 5.97 Å². The zero-order chi connectivity index (χ0) is 13.6. The monoisotopic (exact) mass is 273 g/mol. The van der Waals surface area contributed by atoms with Crippen LogP contribution in [0.2, 0.25) is 5.02 Å². The van der Waals surface area contributed by atoms with Gasteiger partial charge in [-0.3, -0.25) is 4.79 Å². The summed E-state index contributed by atoms with van der Waals surface area (Å²) in [6, 6.07) is 9.41. The third-order valence-corrected chi connectivity index (χ3v) is 3.24. The van der Waals surface area contributed by atoms with Crippen LogP contribution >= 0.6 is 11.6 Å². The summed E-state index contributed by atoms with van der Waals surface area (Å²) in [6.07, 6.45) is 0. The van der Waals surface area contributed by atoms with E-state index in [4.69, 9.17) is 16.7 Å². The SMILES string of the molecule is O=C(O)c1ccc2[nH]c3ccc(Cl)cc3c(=O)c2c1. The number of hydrogen-bond acceptors (Lipinski definition) is 2. The summed E-state index contributed by atoms with van der Waals surface area (Å²) >= 11 is 5.88. The average Bonchev–Trinajstić information content (AvgIpc) is 2.39. The van der Waals surface area contributed by atoms with Gasteiger partial charge < -0.3 is 10.1 Å². The molecule has 4 nitrogen and oxygen atoms in total. The maximum absolute atomic E-state index is 12.3. The van der Waals surface area contributed by atoms with Gasteiger partial charge in [-0.1, -0.05) is 11.6 Å². The number of halogens is 1. The van der Waals surface area contributed by atoms with Gasteiger partial charge in [0.25, 0.3) is 0 Å². The van der Waals surface area contributed by atoms with Crippen LogP contribution in [0.15, 0.2) is 41.2 Å². The van der Waals surface area contributed by atoms with Crippen LogP contribution in [-0.2, 0) is 0 Å². The van der Waals surface area contributed by atoms with E-state index in [-0.39, 0.29) is 11.0 Å². The number of aromatic amines is 1. The van der Waals surface area contributed by atoms with Crippen molar-refractivity contribution in [3.63, 3.8) is 0 Å². The molecular formula is C14H8ClNO3. The van der Waals surface area contributed by atoms with Crippen LogP contribution < -0.4 is 5.43 Å². The lowest BCUT2D eigenvalue weighted by Gasteiger charge is -2.04. The van der Waals surface area contributed by atoms with Crippen molar-refractivity contribution in [3.05, 3.63) is 57.2 Å². The second-order valence-electron chi connectivity index (χ2n) is 4.21. The predicted molar refractivity (Wildman–Crippen MR) is 74.0 cm³/mol. The molecule has 0 aliphatic carbocycles. The van der Waals surface area contributed by atoms with Crippen molar-refractivity contribution in [1.82, 2.24) is 4.98 Å². The molecule has 2 aromatic carbocycles. The quantitative estimate of drug-likeness (QED) is 0.670. The smallest absolute Gasteiger partial charge is 0.335 e. The highest BCUT2D eigenvalue weighted by Gasteiger charge is 2.09. The Labute approximate surface area is 112 Å². The number of rotatable bonds is 1. The number of carbonyl (C=O) groups is 1. The van der Waals surface area contributed by atoms with Crippen LogP contribution in [0.3, 0.4) is 0 Å². The summed E-state index contributed by atoms with van der Waals surface area (Å²) in [7, 11) is 0. The Bertz CT molecular complexity index is 883. The summed E-state index contributed by atoms with van der Waals surface area (Å²) < 4.78 is 0. The molecule has 0 spiro atoms. The van der Waals surface area contributed by atoms with Crippen molar-refractivity contribution in [2.45, 2.75) is 0 Å². The number of benzene rings is 2. The van der Waals surface area contributed by atoms with Gasteiger partial charge in [-0.2, -0.15) is 0 Å². The fourth-order valence-electron chi connectivity index (χ4n) is 2.08. The molecule has 3 aromatic rings. The molecule has 0 saturated heterocycles. The zero-order valence-corrected chi connectivity index (χ0v) is 10.4. The number of aromatic nitrogens is 1. The molecule has 1 aromatic heterocycles. The second kappa shape index (κ2) is 4.10. The van der Waals surface area contributed by atoms with E-state index in [2.05, 4.69) is 4.98 Å². The molecule has 0 unspecified atom stereocenters. The first-order valence-electron chi connectivity index (χ1n) is 5.55. The zero-order valence-electron chi connectivity index (χ0n) is 9.61. The first-order valence-corrected chi connectivity index (χ1v) is 5.92. The van der Waals surface area contributed by atoms with E-state index in [1.807, 2.05) is 0 Å². The minimum Gasteiger partial charge on any atom is -0.478 e. The van der Waals surface area contributed by atoms with E-state index in [0.717, 1.165) is 0 Å². The number of aromatic carboxylic acids is 1. The number of carboxylic acids is 1. The van der Waals surface area contributed by atoms with Gasteiger partial charge in [0.2, 0.25) is 0 Å². The van der Waals surface area contributed by atoms with E-state index in [0.29, 0.717) is 26.8 Å². The van der Waals surface area contributed by atoms with Crippen LogP contribution in [0, 0.1) is 0 Å². The van der Waals surface area contributed by atoms with E-state index >= 15 is 0 Å². The topological polar surface area (TPSA) is 70.2 Å². The van der Waals surface area contributed by atoms with Crippen molar-refractivity contribution >= 4 is 39.4 Å². The van der Waals surface area contributed by atoms with Crippen molar-refractivity contribution in [1.29, 1.82) is 0 Å². The Morgan fingerprint density at radius 2 is 1.68 bits per heavy atom. The molecule has 5 heteroatoms. The number of fused-ring (bicyclic) bond motifs is 2. The molecule has 0 fully saturated rings. The minimum atomic E-state index is -1.06. The minimum absolute atomic E-state index is 0.0828. The molecule has 0 aliphatic heterocycles. The molecule has 19 heavy (non-hydrogen) atoms. The summed E-state index contributed by atoms with van der Waals surface area (Å²) in [4.78, 5) is 26.4. The largest absolute Gasteiger partial charge is 0.478 e. The van der Waals surface area contributed by atoms with E-state index in [1.54, 1.807) is 24.3 Å². The first-order chi connectivity index (χ1) is 9.06. The normalized spacial score (nSPS) is 11.0. The van der Waals surface area contributed by atoms with Crippen LogP contribution in [0.1, 0.15) is 10.4 Å². The number of nitrogens with one attached hydrogen (secondary N) is 1. The summed E-state index contributed by atoms with van der Waals surface area (Å²) in [5.74, 6) is -1.06. The number of hydrogen-bond donors (Lipinski definition) is 2. The molecule has 0 saturated carbocycles. The van der Waals surface area contributed by atoms with Gasteiger partial charge in [-0.25, -0.2) is 4.79 Å². The van der Waals surface area contributed by atoms with Crippen LogP contribution in [0.4, 0.5) is 0 Å². The molecule has 1 heterocycles. The van der Waals surface area contributed by atoms with Gasteiger partial charge in [0, 0.05) is 26.8 Å². The Balaban J connectivity index is 2.48. The van der Waals surface area contributed by atoms with Crippen molar-refractivity contribution < 1.29 is 9.90 Å². The number of carboxylic acid groups (broad SMARTS) is 1. The van der Waals surface area contributed by atoms with Crippen molar-refractivity contribution in [2.75, 3.05) is 0 Å². The Morgan fingerprint density at radius 1 is 1.05 bits per heavy atom. The Morgan fingerprint density at radius 3 is 2.37 bits per heavy atom. The van der Waals surface area contributed by atoms with Crippen molar-refractivity contribution in [2.24, 2.45) is 0 Å². The predicted octanol–water partition coefficient (Wildman–Crippen LogP) is 3.03. The Kier molecular flexibility index (Phi) is 2.54. The number of H-pyrrole nitrogens is 1. The van der Waals surface area contributed by atoms with E-state index in [1.165, 1.54) is 12.1 Å². The van der Waals surface area contributed by atoms with Gasteiger partial charge in [-0.15, -0.1) is 0 Å². The van der Waals surface area contributed by atoms with E-state index < -0.39 is 5.97 Å². The third-order valence-electron chi connectivity index (χ3n) is 3.01. The lowest BCUT2D eigenvalue weighted by atomic mass is 10.1. The standard InChI is InChI=1S/C14H8ClNO3/c15-8-2-4-12-10(6-8)13(17)9-5-7(14(18)19)1-3-11(9)16-12/h1-6H,(H,16,17)(H,18,19). The molecular weight excluding hydrogens is 266 g/mol. The average molecular weight is 274 g/mol. The molecule has 0 atom stereocenters. The molecule has 0 bridgehead atoms. The van der Waals surface area contributed by atoms with Crippen LogP contribution in [0.25, 0.3) is 21.8 Å². The maximum atomic E-state index is 12.3.